The summed E-state index contributed by atoms with van der Waals surface area (Å²) in [5.41, 5.74) is 0.443. The molecule has 0 aliphatic heterocycles. The van der Waals surface area contributed by atoms with Gasteiger partial charge in [-0.15, -0.1) is 0 Å². The van der Waals surface area contributed by atoms with Gasteiger partial charge in [-0.25, -0.2) is 9.97 Å². The normalized spacial score (nSPS) is 10.4. The van der Waals surface area contributed by atoms with Crippen LogP contribution in [-0.2, 0) is 0 Å². The number of benzene rings is 1. The first-order chi connectivity index (χ1) is 10.6. The number of anilines is 1. The van der Waals surface area contributed by atoms with Gasteiger partial charge < -0.3 is 10.4 Å². The number of hydrogen-bond acceptors (Lipinski definition) is 4. The van der Waals surface area contributed by atoms with Crippen LogP contribution in [0.1, 0.15) is 10.5 Å². The Balaban J connectivity index is 1.86. The lowest BCUT2D eigenvalue weighted by Crippen LogP contribution is -2.14. The van der Waals surface area contributed by atoms with Crippen molar-refractivity contribution in [2.45, 2.75) is 0 Å². The Morgan fingerprint density at radius 2 is 2.14 bits per heavy atom. The van der Waals surface area contributed by atoms with Gasteiger partial charge in [0, 0.05) is 17.4 Å². The fraction of sp³-hybridized carbons (Fsp3) is 0. The molecule has 0 fully saturated rings. The first-order valence-electron chi connectivity index (χ1n) is 6.39. The highest BCUT2D eigenvalue weighted by Crippen LogP contribution is 2.26. The van der Waals surface area contributed by atoms with E-state index in [0.717, 1.165) is 0 Å². The highest BCUT2D eigenvalue weighted by molar-refractivity contribution is 6.31. The summed E-state index contributed by atoms with van der Waals surface area (Å²) in [5, 5.41) is 12.7. The van der Waals surface area contributed by atoms with E-state index in [1.54, 1.807) is 41.5 Å². The van der Waals surface area contributed by atoms with E-state index in [1.165, 1.54) is 18.2 Å². The molecule has 0 unspecified atom stereocenters. The van der Waals surface area contributed by atoms with E-state index in [9.17, 15) is 9.90 Å². The summed E-state index contributed by atoms with van der Waals surface area (Å²) in [6.07, 6.45) is 4.94. The van der Waals surface area contributed by atoms with Gasteiger partial charge in [0.2, 0.25) is 0 Å². The van der Waals surface area contributed by atoms with Crippen molar-refractivity contribution in [3.05, 3.63) is 65.8 Å². The molecule has 2 aromatic heterocycles. The number of aromatic hydroxyl groups is 1. The molecule has 3 rings (SSSR count). The number of aromatic nitrogens is 3. The molecule has 0 saturated carbocycles. The predicted molar refractivity (Wildman–Crippen MR) is 82.4 cm³/mol. The zero-order valence-electron chi connectivity index (χ0n) is 11.3. The predicted octanol–water partition coefficient (Wildman–Crippen LogP) is 2.88. The van der Waals surface area contributed by atoms with Crippen molar-refractivity contribution in [2.24, 2.45) is 0 Å². The summed E-state index contributed by atoms with van der Waals surface area (Å²) in [5.74, 6) is 0.0588. The Morgan fingerprint density at radius 1 is 1.27 bits per heavy atom. The van der Waals surface area contributed by atoms with Gasteiger partial charge in [0.05, 0.1) is 5.69 Å². The van der Waals surface area contributed by atoms with Crippen LogP contribution in [0.4, 0.5) is 5.69 Å². The lowest BCUT2D eigenvalue weighted by atomic mass is 10.2. The maximum absolute atomic E-state index is 12.2. The van der Waals surface area contributed by atoms with Gasteiger partial charge in [-0.3, -0.25) is 9.36 Å². The molecule has 3 aromatic rings. The number of nitrogens with zero attached hydrogens (tertiary/aromatic N) is 3. The molecule has 1 aromatic carbocycles. The van der Waals surface area contributed by atoms with Crippen LogP contribution < -0.4 is 5.32 Å². The molecule has 0 radical (unpaired) electrons. The average Bonchev–Trinajstić information content (AvgIpc) is 3.05. The van der Waals surface area contributed by atoms with Crippen LogP contribution in [0.3, 0.4) is 0 Å². The Kier molecular flexibility index (Phi) is 3.76. The van der Waals surface area contributed by atoms with Gasteiger partial charge in [0.25, 0.3) is 5.91 Å². The number of carbonyl (C=O) groups is 1. The third kappa shape index (κ3) is 2.91. The minimum Gasteiger partial charge on any atom is -0.506 e. The number of amides is 1. The monoisotopic (exact) mass is 314 g/mol. The molecule has 1 amide bonds. The van der Waals surface area contributed by atoms with Crippen LogP contribution in [0.2, 0.25) is 5.02 Å². The second-order valence-corrected chi connectivity index (χ2v) is 4.90. The number of pyridine rings is 1. The topological polar surface area (TPSA) is 80.0 Å². The second-order valence-electron chi connectivity index (χ2n) is 4.47. The molecule has 0 aliphatic rings. The standard InChI is InChI=1S/C15H11ClN4O2/c16-10-4-5-13(21)12(8-10)19-15(22)11-2-1-3-14(18-11)20-7-6-17-9-20/h1-9,21H,(H,19,22). The molecule has 7 heteroatoms. The molecule has 22 heavy (non-hydrogen) atoms. The van der Waals surface area contributed by atoms with E-state index in [-0.39, 0.29) is 17.1 Å². The molecule has 2 heterocycles. The Hall–Kier alpha value is -2.86. The van der Waals surface area contributed by atoms with Gasteiger partial charge in [-0.1, -0.05) is 17.7 Å². The summed E-state index contributed by atoms with van der Waals surface area (Å²) >= 11 is 5.85. The minimum atomic E-state index is -0.445. The average molecular weight is 315 g/mol. The van der Waals surface area contributed by atoms with Crippen LogP contribution in [0.5, 0.6) is 5.75 Å². The number of rotatable bonds is 3. The lowest BCUT2D eigenvalue weighted by Gasteiger charge is -2.08. The molecule has 0 aliphatic carbocycles. The summed E-state index contributed by atoms with van der Waals surface area (Å²) in [6.45, 7) is 0. The minimum absolute atomic E-state index is 0.0662. The first-order valence-corrected chi connectivity index (χ1v) is 6.76. The molecule has 2 N–H and O–H groups in total. The number of halogens is 1. The van der Waals surface area contributed by atoms with Crippen molar-refractivity contribution in [3.63, 3.8) is 0 Å². The van der Waals surface area contributed by atoms with Gasteiger partial charge in [-0.2, -0.15) is 0 Å². The number of carbonyl (C=O) groups excluding carboxylic acids is 1. The maximum atomic E-state index is 12.2. The largest absolute Gasteiger partial charge is 0.506 e. The Labute approximate surface area is 131 Å². The Morgan fingerprint density at radius 3 is 2.91 bits per heavy atom. The number of imidazole rings is 1. The van der Waals surface area contributed by atoms with Crippen LogP contribution in [0.25, 0.3) is 5.82 Å². The fourth-order valence-electron chi connectivity index (χ4n) is 1.88. The maximum Gasteiger partial charge on any atom is 0.274 e. The first kappa shape index (κ1) is 14.1. The highest BCUT2D eigenvalue weighted by Gasteiger charge is 2.11. The molecule has 0 spiro atoms. The third-order valence-corrected chi connectivity index (χ3v) is 3.18. The van der Waals surface area contributed by atoms with Gasteiger partial charge in [0.1, 0.15) is 23.6 Å². The van der Waals surface area contributed by atoms with Crippen molar-refractivity contribution < 1.29 is 9.90 Å². The summed E-state index contributed by atoms with van der Waals surface area (Å²) < 4.78 is 1.69. The molecule has 0 bridgehead atoms. The SMILES string of the molecule is O=C(Nc1cc(Cl)ccc1O)c1cccc(-n2ccnc2)n1. The van der Waals surface area contributed by atoms with E-state index in [1.807, 2.05) is 0 Å². The van der Waals surface area contributed by atoms with Crippen molar-refractivity contribution in [1.82, 2.24) is 14.5 Å². The van der Waals surface area contributed by atoms with E-state index < -0.39 is 5.91 Å². The quantitative estimate of drug-likeness (QED) is 0.728. The smallest absolute Gasteiger partial charge is 0.274 e. The van der Waals surface area contributed by atoms with Crippen LogP contribution in [0, 0.1) is 0 Å². The molecule has 6 nitrogen and oxygen atoms in total. The van der Waals surface area contributed by atoms with Gasteiger partial charge in [0.15, 0.2) is 0 Å². The fourth-order valence-corrected chi connectivity index (χ4v) is 2.06. The van der Waals surface area contributed by atoms with E-state index >= 15 is 0 Å². The van der Waals surface area contributed by atoms with Gasteiger partial charge in [-0.05, 0) is 30.3 Å². The molecular formula is C15H11ClN4O2. The van der Waals surface area contributed by atoms with E-state index in [4.69, 9.17) is 11.6 Å². The lowest BCUT2D eigenvalue weighted by molar-refractivity contribution is 0.102. The van der Waals surface area contributed by atoms with Crippen molar-refractivity contribution >= 4 is 23.2 Å². The highest BCUT2D eigenvalue weighted by atomic mass is 35.5. The summed E-state index contributed by atoms with van der Waals surface area (Å²) in [6, 6.07) is 9.47. The van der Waals surface area contributed by atoms with E-state index in [0.29, 0.717) is 10.8 Å². The van der Waals surface area contributed by atoms with Crippen molar-refractivity contribution in [3.8, 4) is 11.6 Å². The second kappa shape index (κ2) is 5.87. The molecular weight excluding hydrogens is 304 g/mol. The zero-order valence-corrected chi connectivity index (χ0v) is 12.0. The number of phenols is 1. The van der Waals surface area contributed by atoms with Crippen LogP contribution >= 0.6 is 11.6 Å². The number of phenolic OH excluding ortho intramolecular Hbond substituents is 1. The Bertz CT molecular complexity index is 818. The van der Waals surface area contributed by atoms with E-state index in [2.05, 4.69) is 15.3 Å². The summed E-state index contributed by atoms with van der Waals surface area (Å²) in [7, 11) is 0. The van der Waals surface area contributed by atoms with Crippen LogP contribution in [-0.4, -0.2) is 25.5 Å². The summed E-state index contributed by atoms with van der Waals surface area (Å²) in [4.78, 5) is 20.4. The molecule has 0 atom stereocenters. The van der Waals surface area contributed by atoms with Crippen LogP contribution in [0.15, 0.2) is 55.1 Å². The van der Waals surface area contributed by atoms with Gasteiger partial charge >= 0.3 is 0 Å². The number of nitrogens with one attached hydrogen (secondary N) is 1. The molecule has 110 valence electrons. The number of hydrogen-bond donors (Lipinski definition) is 2. The zero-order chi connectivity index (χ0) is 15.5. The van der Waals surface area contributed by atoms with Crippen molar-refractivity contribution in [2.75, 3.05) is 5.32 Å². The molecule has 0 saturated heterocycles. The van der Waals surface area contributed by atoms with Crippen molar-refractivity contribution in [1.29, 1.82) is 0 Å². The third-order valence-electron chi connectivity index (χ3n) is 2.94.